The van der Waals surface area contributed by atoms with Gasteiger partial charge in [0.2, 0.25) is 0 Å². The van der Waals surface area contributed by atoms with Gasteiger partial charge < -0.3 is 14.8 Å². The molecule has 1 aliphatic heterocycles. The van der Waals surface area contributed by atoms with Crippen molar-refractivity contribution < 1.29 is 4.79 Å². The van der Waals surface area contributed by atoms with Crippen molar-refractivity contribution in [3.8, 4) is 0 Å². The van der Waals surface area contributed by atoms with Crippen LogP contribution in [0.15, 0.2) is 36.5 Å². The molecule has 0 saturated carbocycles. The smallest absolute Gasteiger partial charge is 0.272 e. The number of likely N-dealkylation sites (N-methyl/N-ethyl adjacent to an activating group) is 1. The number of aryl methyl sites for hydroxylation is 1. The Bertz CT molecular complexity index is 894. The molecule has 0 aliphatic carbocycles. The van der Waals surface area contributed by atoms with Gasteiger partial charge in [0.05, 0.1) is 0 Å². The third kappa shape index (κ3) is 3.17. The first-order chi connectivity index (χ1) is 12.2. The number of para-hydroxylation sites is 1. The first-order valence-corrected chi connectivity index (χ1v) is 8.79. The van der Waals surface area contributed by atoms with Gasteiger partial charge in [-0.1, -0.05) is 18.2 Å². The Hall–Kier alpha value is -2.60. The first kappa shape index (κ1) is 15.9. The number of hydrogen-bond donors (Lipinski definition) is 2. The number of nitrogens with one attached hydrogen (secondary N) is 2. The van der Waals surface area contributed by atoms with E-state index in [0.717, 1.165) is 43.7 Å². The number of aromatic nitrogens is 3. The monoisotopic (exact) mass is 337 g/mol. The third-order valence-electron chi connectivity index (χ3n) is 4.88. The molecule has 0 fully saturated rings. The van der Waals surface area contributed by atoms with Crippen LogP contribution in [0.1, 0.15) is 28.2 Å². The second kappa shape index (κ2) is 6.72. The van der Waals surface area contributed by atoms with Crippen LogP contribution in [0.4, 0.5) is 0 Å². The van der Waals surface area contributed by atoms with Crippen LogP contribution in [0.3, 0.4) is 0 Å². The summed E-state index contributed by atoms with van der Waals surface area (Å²) >= 11 is 0. The minimum atomic E-state index is -0.0786. The molecule has 0 saturated heterocycles. The summed E-state index contributed by atoms with van der Waals surface area (Å²) in [7, 11) is 2.07. The molecule has 6 nitrogen and oxygen atoms in total. The van der Waals surface area contributed by atoms with Crippen molar-refractivity contribution in [1.82, 2.24) is 25.0 Å². The number of rotatable bonds is 5. The van der Waals surface area contributed by atoms with E-state index in [4.69, 9.17) is 0 Å². The quantitative estimate of drug-likeness (QED) is 0.701. The van der Waals surface area contributed by atoms with Crippen molar-refractivity contribution in [1.29, 1.82) is 0 Å². The van der Waals surface area contributed by atoms with Crippen LogP contribution in [-0.4, -0.2) is 45.7 Å². The van der Waals surface area contributed by atoms with Gasteiger partial charge in [-0.2, -0.15) is 5.10 Å². The summed E-state index contributed by atoms with van der Waals surface area (Å²) in [6, 6.07) is 10.5. The summed E-state index contributed by atoms with van der Waals surface area (Å²) in [4.78, 5) is 14.7. The molecule has 0 radical (unpaired) electrons. The van der Waals surface area contributed by atoms with Crippen molar-refractivity contribution in [3.63, 3.8) is 0 Å². The van der Waals surface area contributed by atoms with E-state index in [1.807, 2.05) is 0 Å². The molecule has 130 valence electrons. The van der Waals surface area contributed by atoms with Crippen molar-refractivity contribution >= 4 is 16.8 Å². The summed E-state index contributed by atoms with van der Waals surface area (Å²) in [6.45, 7) is 3.31. The predicted octanol–water partition coefficient (Wildman–Crippen LogP) is 2.17. The lowest BCUT2D eigenvalue weighted by atomic mass is 10.1. The Morgan fingerprint density at radius 2 is 2.20 bits per heavy atom. The van der Waals surface area contributed by atoms with E-state index in [-0.39, 0.29) is 5.91 Å². The zero-order valence-electron chi connectivity index (χ0n) is 14.5. The van der Waals surface area contributed by atoms with Crippen molar-refractivity contribution in [2.45, 2.75) is 25.9 Å². The Labute approximate surface area is 146 Å². The number of amides is 1. The van der Waals surface area contributed by atoms with Crippen molar-refractivity contribution in [2.24, 2.45) is 0 Å². The highest BCUT2D eigenvalue weighted by Crippen LogP contribution is 2.19. The molecule has 3 heterocycles. The van der Waals surface area contributed by atoms with E-state index in [2.05, 4.69) is 68.6 Å². The van der Waals surface area contributed by atoms with E-state index >= 15 is 0 Å². The Balaban J connectivity index is 1.33. The summed E-state index contributed by atoms with van der Waals surface area (Å²) < 4.78 is 2.23. The van der Waals surface area contributed by atoms with Gasteiger partial charge in [-0.05, 0) is 31.0 Å². The molecule has 25 heavy (non-hydrogen) atoms. The minimum Gasteiger partial charge on any atom is -0.351 e. The Kier molecular flexibility index (Phi) is 4.28. The second-order valence-electron chi connectivity index (χ2n) is 6.69. The normalized spacial score (nSPS) is 14.6. The second-order valence-corrected chi connectivity index (χ2v) is 6.69. The number of nitrogens with zero attached hydrogens (tertiary/aromatic N) is 3. The maximum absolute atomic E-state index is 12.4. The average molecular weight is 337 g/mol. The molecule has 2 aromatic heterocycles. The van der Waals surface area contributed by atoms with Gasteiger partial charge in [0.25, 0.3) is 5.91 Å². The Morgan fingerprint density at radius 3 is 3.12 bits per heavy atom. The lowest BCUT2D eigenvalue weighted by Gasteiger charge is -2.22. The molecular weight excluding hydrogens is 314 g/mol. The molecular formula is C19H23N5O. The van der Waals surface area contributed by atoms with Gasteiger partial charge in [0.1, 0.15) is 0 Å². The highest BCUT2D eigenvalue weighted by molar-refractivity contribution is 5.94. The largest absolute Gasteiger partial charge is 0.351 e. The molecule has 1 amide bonds. The fourth-order valence-electron chi connectivity index (χ4n) is 3.49. The van der Waals surface area contributed by atoms with Crippen LogP contribution >= 0.6 is 0 Å². The first-order valence-electron chi connectivity index (χ1n) is 8.79. The summed E-state index contributed by atoms with van der Waals surface area (Å²) in [6.07, 6.45) is 3.91. The van der Waals surface area contributed by atoms with Crippen molar-refractivity contribution in [3.05, 3.63) is 53.5 Å². The van der Waals surface area contributed by atoms with Gasteiger partial charge >= 0.3 is 0 Å². The van der Waals surface area contributed by atoms with Gasteiger partial charge in [0.15, 0.2) is 5.69 Å². The van der Waals surface area contributed by atoms with E-state index in [9.17, 15) is 4.79 Å². The standard InChI is InChI=1S/C19H23N5O/c1-23-11-8-16-15(13-23)18(22-21-16)19(25)20-9-4-10-24-12-7-14-5-2-3-6-17(14)24/h2-3,5-7,12H,4,8-11,13H2,1H3,(H,20,25)(H,21,22). The van der Waals surface area contributed by atoms with Crippen LogP contribution < -0.4 is 5.32 Å². The molecule has 0 spiro atoms. The zero-order chi connectivity index (χ0) is 17.2. The van der Waals surface area contributed by atoms with Crippen LogP contribution in [0.2, 0.25) is 0 Å². The summed E-state index contributed by atoms with van der Waals surface area (Å²) in [5, 5.41) is 11.5. The minimum absolute atomic E-state index is 0.0786. The molecule has 0 atom stereocenters. The average Bonchev–Trinajstić information content (AvgIpc) is 3.22. The highest BCUT2D eigenvalue weighted by Gasteiger charge is 2.23. The molecule has 1 aliphatic rings. The lowest BCUT2D eigenvalue weighted by molar-refractivity contribution is 0.0945. The van der Waals surface area contributed by atoms with Crippen LogP contribution in [0, 0.1) is 0 Å². The van der Waals surface area contributed by atoms with E-state index in [0.29, 0.717) is 12.2 Å². The number of benzene rings is 1. The third-order valence-corrected chi connectivity index (χ3v) is 4.88. The number of carbonyl (C=O) groups is 1. The lowest BCUT2D eigenvalue weighted by Crippen LogP contribution is -2.30. The fraction of sp³-hybridized carbons (Fsp3) is 0.368. The van der Waals surface area contributed by atoms with Gasteiger partial charge in [-0.3, -0.25) is 9.89 Å². The van der Waals surface area contributed by atoms with E-state index in [1.165, 1.54) is 10.9 Å². The van der Waals surface area contributed by atoms with Crippen molar-refractivity contribution in [2.75, 3.05) is 20.1 Å². The Morgan fingerprint density at radius 1 is 1.32 bits per heavy atom. The molecule has 3 aromatic rings. The van der Waals surface area contributed by atoms with Crippen LogP contribution in [0.25, 0.3) is 10.9 Å². The predicted molar refractivity (Wildman–Crippen MR) is 97.5 cm³/mol. The molecule has 6 heteroatoms. The van der Waals surface area contributed by atoms with Gasteiger partial charge in [0, 0.05) is 55.6 Å². The van der Waals surface area contributed by atoms with Gasteiger partial charge in [-0.15, -0.1) is 0 Å². The summed E-state index contributed by atoms with van der Waals surface area (Å²) in [5.74, 6) is -0.0786. The number of H-pyrrole nitrogens is 1. The molecule has 0 bridgehead atoms. The summed E-state index contributed by atoms with van der Waals surface area (Å²) in [5.41, 5.74) is 3.93. The number of carbonyl (C=O) groups excluding carboxylic acids is 1. The topological polar surface area (TPSA) is 66.0 Å². The van der Waals surface area contributed by atoms with E-state index in [1.54, 1.807) is 0 Å². The number of fused-ring (bicyclic) bond motifs is 2. The number of aromatic amines is 1. The maximum Gasteiger partial charge on any atom is 0.272 e. The number of hydrogen-bond acceptors (Lipinski definition) is 3. The van der Waals surface area contributed by atoms with Crippen LogP contribution in [-0.2, 0) is 19.5 Å². The molecule has 0 unspecified atom stereocenters. The van der Waals surface area contributed by atoms with Gasteiger partial charge in [-0.25, -0.2) is 0 Å². The zero-order valence-corrected chi connectivity index (χ0v) is 14.5. The van der Waals surface area contributed by atoms with E-state index < -0.39 is 0 Å². The molecule has 2 N–H and O–H groups in total. The SMILES string of the molecule is CN1CCc2[nH]nc(C(=O)NCCCn3ccc4ccccc43)c2C1. The fourth-order valence-corrected chi connectivity index (χ4v) is 3.49. The molecule has 1 aromatic carbocycles. The highest BCUT2D eigenvalue weighted by atomic mass is 16.1. The maximum atomic E-state index is 12.4. The molecule has 4 rings (SSSR count). The van der Waals surface area contributed by atoms with Crippen LogP contribution in [0.5, 0.6) is 0 Å².